The van der Waals surface area contributed by atoms with Gasteiger partial charge in [-0.15, -0.1) is 0 Å². The zero-order valence-electron chi connectivity index (χ0n) is 18.8. The van der Waals surface area contributed by atoms with Crippen molar-refractivity contribution in [2.45, 2.75) is 61.8 Å². The first-order valence-corrected chi connectivity index (χ1v) is 12.8. The number of ether oxygens (including phenoxy) is 1. The van der Waals surface area contributed by atoms with Gasteiger partial charge in [0.25, 0.3) is 5.91 Å². The Morgan fingerprint density at radius 1 is 1.12 bits per heavy atom. The lowest BCUT2D eigenvalue weighted by Crippen LogP contribution is -2.44. The fourth-order valence-electron chi connectivity index (χ4n) is 4.82. The lowest BCUT2D eigenvalue weighted by atomic mass is 9.98. The molecule has 0 atom stereocenters. The molecule has 180 valence electrons. The summed E-state index contributed by atoms with van der Waals surface area (Å²) in [5, 5.41) is 5.47. The van der Waals surface area contributed by atoms with E-state index in [-0.39, 0.29) is 29.5 Å². The minimum atomic E-state index is -3.68. The quantitative estimate of drug-likeness (QED) is 0.578. The van der Waals surface area contributed by atoms with E-state index in [9.17, 15) is 22.8 Å². The molecule has 0 aromatic heterocycles. The number of hydrogen-bond donors (Lipinski definition) is 2. The third-order valence-electron chi connectivity index (χ3n) is 6.66. The molecule has 33 heavy (non-hydrogen) atoms. The van der Waals surface area contributed by atoms with E-state index in [2.05, 4.69) is 10.6 Å². The largest absolute Gasteiger partial charge is 0.495 e. The molecule has 11 heteroatoms. The van der Waals surface area contributed by atoms with Crippen molar-refractivity contribution in [2.24, 2.45) is 0 Å². The van der Waals surface area contributed by atoms with Gasteiger partial charge in [-0.2, -0.15) is 4.31 Å². The average molecular weight is 479 g/mol. The van der Waals surface area contributed by atoms with Crippen LogP contribution in [0, 0.1) is 0 Å². The van der Waals surface area contributed by atoms with Crippen LogP contribution in [0.3, 0.4) is 0 Å². The van der Waals surface area contributed by atoms with Crippen molar-refractivity contribution in [3.8, 4) is 5.75 Å². The van der Waals surface area contributed by atoms with Crippen LogP contribution in [0.5, 0.6) is 5.75 Å². The second-order valence-corrected chi connectivity index (χ2v) is 10.7. The molecule has 0 radical (unpaired) electrons. The van der Waals surface area contributed by atoms with E-state index in [1.165, 1.54) is 29.6 Å². The Kier molecular flexibility index (Phi) is 6.62. The fraction of sp³-hybridized carbons (Fsp3) is 0.591. The molecule has 0 bridgehead atoms. The molecule has 2 heterocycles. The topological polar surface area (TPSA) is 125 Å². The van der Waals surface area contributed by atoms with Crippen molar-refractivity contribution in [3.63, 3.8) is 0 Å². The number of urea groups is 1. The van der Waals surface area contributed by atoms with Crippen molar-refractivity contribution < 1.29 is 27.5 Å². The van der Waals surface area contributed by atoms with Crippen LogP contribution >= 0.6 is 0 Å². The van der Waals surface area contributed by atoms with Crippen molar-refractivity contribution in [2.75, 3.05) is 32.1 Å². The first-order valence-electron chi connectivity index (χ1n) is 11.4. The summed E-state index contributed by atoms with van der Waals surface area (Å²) in [5.74, 6) is -0.403. The number of sulfonamides is 1. The van der Waals surface area contributed by atoms with Gasteiger partial charge in [0.15, 0.2) is 0 Å². The smallest absolute Gasteiger partial charge is 0.325 e. The summed E-state index contributed by atoms with van der Waals surface area (Å²) in [6.45, 7) is 0.902. The normalized spacial score (nSPS) is 20.8. The number of imide groups is 1. The number of nitrogens with one attached hydrogen (secondary N) is 2. The van der Waals surface area contributed by atoms with Gasteiger partial charge in [-0.3, -0.25) is 14.5 Å². The summed E-state index contributed by atoms with van der Waals surface area (Å²) in [7, 11) is -2.25. The number of hydrogen-bond acceptors (Lipinski definition) is 6. The van der Waals surface area contributed by atoms with Crippen molar-refractivity contribution >= 4 is 33.6 Å². The van der Waals surface area contributed by atoms with Crippen molar-refractivity contribution in [3.05, 3.63) is 18.2 Å². The Labute approximate surface area is 193 Å². The van der Waals surface area contributed by atoms with Gasteiger partial charge in [0.05, 0.1) is 17.7 Å². The van der Waals surface area contributed by atoms with E-state index in [0.29, 0.717) is 31.7 Å². The van der Waals surface area contributed by atoms with Gasteiger partial charge < -0.3 is 15.4 Å². The molecular weight excluding hydrogens is 448 g/mol. The first kappa shape index (κ1) is 23.5. The SMILES string of the molecule is COc1ccc(S(=O)(=O)N2CCCCC2)cc1NC(=O)CCN1C(=O)NC2(CCCC2)C1=O. The highest BCUT2D eigenvalue weighted by atomic mass is 32.2. The summed E-state index contributed by atoms with van der Waals surface area (Å²) in [6.07, 6.45) is 5.56. The Balaban J connectivity index is 1.43. The molecule has 1 aliphatic carbocycles. The van der Waals surface area contributed by atoms with Crippen LogP contribution in [0.15, 0.2) is 23.1 Å². The summed E-state index contributed by atoms with van der Waals surface area (Å²) >= 11 is 0. The van der Waals surface area contributed by atoms with E-state index in [4.69, 9.17) is 4.74 Å². The van der Waals surface area contributed by atoms with Gasteiger partial charge in [-0.1, -0.05) is 19.3 Å². The summed E-state index contributed by atoms with van der Waals surface area (Å²) in [6, 6.07) is 3.89. The minimum Gasteiger partial charge on any atom is -0.495 e. The monoisotopic (exact) mass is 478 g/mol. The minimum absolute atomic E-state index is 0.0493. The number of anilines is 1. The number of rotatable bonds is 7. The predicted octanol–water partition coefficient (Wildman–Crippen LogP) is 2.06. The lowest BCUT2D eigenvalue weighted by Gasteiger charge is -2.26. The van der Waals surface area contributed by atoms with E-state index in [1.54, 1.807) is 0 Å². The van der Waals surface area contributed by atoms with Crippen LogP contribution in [0.1, 0.15) is 51.4 Å². The fourth-order valence-corrected chi connectivity index (χ4v) is 6.37. The third-order valence-corrected chi connectivity index (χ3v) is 8.56. The van der Waals surface area contributed by atoms with Crippen LogP contribution in [-0.4, -0.2) is 67.8 Å². The molecule has 2 N–H and O–H groups in total. The molecule has 2 aliphatic heterocycles. The van der Waals surface area contributed by atoms with Crippen molar-refractivity contribution in [1.82, 2.24) is 14.5 Å². The highest BCUT2D eigenvalue weighted by molar-refractivity contribution is 7.89. The zero-order chi connectivity index (χ0) is 23.6. The first-order chi connectivity index (χ1) is 15.8. The number of carbonyl (C=O) groups is 3. The van der Waals surface area contributed by atoms with Crippen LogP contribution in [0.2, 0.25) is 0 Å². The average Bonchev–Trinajstić information content (AvgIpc) is 3.37. The second kappa shape index (κ2) is 9.30. The highest BCUT2D eigenvalue weighted by Crippen LogP contribution is 2.35. The Hall–Kier alpha value is -2.66. The van der Waals surface area contributed by atoms with Crippen LogP contribution in [-0.2, 0) is 19.6 Å². The lowest BCUT2D eigenvalue weighted by molar-refractivity contribution is -0.131. The molecule has 1 spiro atoms. The Morgan fingerprint density at radius 3 is 2.48 bits per heavy atom. The number of amides is 4. The summed E-state index contributed by atoms with van der Waals surface area (Å²) in [4.78, 5) is 38.8. The molecule has 0 unspecified atom stereocenters. The van der Waals surface area contributed by atoms with Crippen LogP contribution in [0.4, 0.5) is 10.5 Å². The molecule has 3 aliphatic rings. The van der Waals surface area contributed by atoms with E-state index in [1.807, 2.05) is 0 Å². The van der Waals surface area contributed by atoms with Crippen LogP contribution in [0.25, 0.3) is 0 Å². The van der Waals surface area contributed by atoms with Gasteiger partial charge >= 0.3 is 6.03 Å². The van der Waals surface area contributed by atoms with E-state index in [0.717, 1.165) is 37.0 Å². The van der Waals surface area contributed by atoms with Gasteiger partial charge in [0.1, 0.15) is 11.3 Å². The Bertz CT molecular complexity index is 1040. The Morgan fingerprint density at radius 2 is 1.82 bits per heavy atom. The maximum Gasteiger partial charge on any atom is 0.325 e. The molecule has 4 rings (SSSR count). The number of benzene rings is 1. The van der Waals surface area contributed by atoms with Gasteiger partial charge in [0.2, 0.25) is 15.9 Å². The number of carbonyl (C=O) groups excluding carboxylic acids is 3. The highest BCUT2D eigenvalue weighted by Gasteiger charge is 2.52. The molecule has 3 fully saturated rings. The van der Waals surface area contributed by atoms with Crippen molar-refractivity contribution in [1.29, 1.82) is 0 Å². The zero-order valence-corrected chi connectivity index (χ0v) is 19.6. The molecule has 10 nitrogen and oxygen atoms in total. The van der Waals surface area contributed by atoms with Gasteiger partial charge in [-0.05, 0) is 43.9 Å². The molecular formula is C22H30N4O6S. The third kappa shape index (κ3) is 4.56. The standard InChI is InChI=1S/C22H30N4O6S/c1-32-18-8-7-16(33(30,31)25-12-5-2-6-13-25)15-17(18)23-19(27)9-14-26-20(28)22(24-21(26)29)10-3-4-11-22/h7-8,15H,2-6,9-14H2,1H3,(H,23,27)(H,24,29). The maximum atomic E-state index is 13.0. The number of nitrogens with zero attached hydrogens (tertiary/aromatic N) is 2. The van der Waals surface area contributed by atoms with E-state index < -0.39 is 27.5 Å². The van der Waals surface area contributed by atoms with Crippen LogP contribution < -0.4 is 15.4 Å². The number of piperidine rings is 1. The summed E-state index contributed by atoms with van der Waals surface area (Å²) < 4.78 is 32.7. The maximum absolute atomic E-state index is 13.0. The molecule has 1 saturated carbocycles. The number of methoxy groups -OCH3 is 1. The molecule has 4 amide bonds. The summed E-state index contributed by atoms with van der Waals surface area (Å²) in [5.41, 5.74) is -0.585. The predicted molar refractivity (Wildman–Crippen MR) is 120 cm³/mol. The van der Waals surface area contributed by atoms with E-state index >= 15 is 0 Å². The van der Waals surface area contributed by atoms with Gasteiger partial charge in [-0.25, -0.2) is 13.2 Å². The second-order valence-electron chi connectivity index (χ2n) is 8.80. The molecule has 2 saturated heterocycles. The molecule has 1 aromatic rings. The van der Waals surface area contributed by atoms with Gasteiger partial charge in [0, 0.05) is 26.1 Å². The molecule has 1 aromatic carbocycles.